The van der Waals surface area contributed by atoms with Crippen molar-refractivity contribution in [3.8, 4) is 0 Å². The van der Waals surface area contributed by atoms with Crippen LogP contribution in [-0.2, 0) is 6.54 Å². The first-order valence-electron chi connectivity index (χ1n) is 5.88. The van der Waals surface area contributed by atoms with E-state index < -0.39 is 0 Å². The number of aromatic nitrogens is 1. The summed E-state index contributed by atoms with van der Waals surface area (Å²) in [6, 6.07) is 17.9. The van der Waals surface area contributed by atoms with E-state index in [1.54, 1.807) is 6.07 Å². The van der Waals surface area contributed by atoms with E-state index in [4.69, 9.17) is 0 Å². The number of hydrogen-bond donors (Lipinski definition) is 1. The lowest BCUT2D eigenvalue weighted by atomic mass is 10.2. The van der Waals surface area contributed by atoms with Crippen LogP contribution in [0, 0.1) is 4.91 Å². The molecule has 0 bridgehead atoms. The Morgan fingerprint density at radius 1 is 1.00 bits per heavy atom. The van der Waals surface area contributed by atoms with Crippen molar-refractivity contribution in [2.45, 2.75) is 6.54 Å². The van der Waals surface area contributed by atoms with Crippen LogP contribution in [0.4, 0.5) is 5.69 Å². The van der Waals surface area contributed by atoms with Gasteiger partial charge >= 0.3 is 0 Å². The lowest BCUT2D eigenvalue weighted by Crippen LogP contribution is -2.55. The summed E-state index contributed by atoms with van der Waals surface area (Å²) in [6.45, 7) is 0.767. The summed E-state index contributed by atoms with van der Waals surface area (Å²) >= 11 is 0. The summed E-state index contributed by atoms with van der Waals surface area (Å²) in [4.78, 5) is 10.6. The van der Waals surface area contributed by atoms with Gasteiger partial charge in [0.2, 0.25) is 0 Å². The Balaban J connectivity index is 1.98. The summed E-state index contributed by atoms with van der Waals surface area (Å²) in [7, 11) is 0. The zero-order valence-corrected chi connectivity index (χ0v) is 9.84. The van der Waals surface area contributed by atoms with Crippen LogP contribution in [0.15, 0.2) is 60.8 Å². The molecule has 0 atom stereocenters. The SMILES string of the molecule is O=[NH+]c1cccc(Cn2ccc3ccccc32)c1. The first kappa shape index (κ1) is 10.7. The van der Waals surface area contributed by atoms with Crippen molar-refractivity contribution in [2.75, 3.05) is 0 Å². The first-order chi connectivity index (χ1) is 8.86. The first-order valence-corrected chi connectivity index (χ1v) is 5.88. The third kappa shape index (κ3) is 1.91. The molecule has 88 valence electrons. The Kier molecular flexibility index (Phi) is 2.65. The molecule has 0 saturated heterocycles. The van der Waals surface area contributed by atoms with Crippen LogP contribution in [0.1, 0.15) is 5.56 Å². The number of hydrogen-bond acceptors (Lipinski definition) is 1. The molecule has 2 aromatic carbocycles. The Morgan fingerprint density at radius 2 is 1.89 bits per heavy atom. The number of nitrogens with one attached hydrogen (secondary N) is 1. The molecule has 3 aromatic rings. The summed E-state index contributed by atoms with van der Waals surface area (Å²) in [5.74, 6) is 0. The molecular weight excluding hydrogens is 224 g/mol. The third-order valence-corrected chi connectivity index (χ3v) is 3.08. The fourth-order valence-corrected chi connectivity index (χ4v) is 2.21. The van der Waals surface area contributed by atoms with E-state index in [0.29, 0.717) is 5.69 Å². The average Bonchev–Trinajstić information content (AvgIpc) is 2.83. The van der Waals surface area contributed by atoms with Crippen LogP contribution >= 0.6 is 0 Å². The van der Waals surface area contributed by atoms with Crippen molar-refractivity contribution in [1.82, 2.24) is 4.57 Å². The third-order valence-electron chi connectivity index (χ3n) is 3.08. The predicted molar refractivity (Wildman–Crippen MR) is 71.5 cm³/mol. The largest absolute Gasteiger partial charge is 0.343 e. The van der Waals surface area contributed by atoms with E-state index in [0.717, 1.165) is 12.1 Å². The molecule has 1 N–H and O–H groups in total. The molecule has 0 fully saturated rings. The van der Waals surface area contributed by atoms with Crippen LogP contribution < -0.4 is 5.18 Å². The van der Waals surface area contributed by atoms with Crippen molar-refractivity contribution >= 4 is 16.6 Å². The molecule has 0 spiro atoms. The highest BCUT2D eigenvalue weighted by atomic mass is 16.3. The zero-order chi connectivity index (χ0) is 12.4. The van der Waals surface area contributed by atoms with Gasteiger partial charge in [0, 0.05) is 40.5 Å². The highest BCUT2D eigenvalue weighted by Crippen LogP contribution is 2.17. The van der Waals surface area contributed by atoms with Gasteiger partial charge in [0.25, 0.3) is 5.69 Å². The van der Waals surface area contributed by atoms with Gasteiger partial charge in [-0.2, -0.15) is 0 Å². The van der Waals surface area contributed by atoms with Gasteiger partial charge in [-0.25, -0.2) is 0 Å². The van der Waals surface area contributed by atoms with Crippen LogP contribution in [-0.4, -0.2) is 4.57 Å². The van der Waals surface area contributed by atoms with E-state index in [1.807, 2.05) is 35.5 Å². The number of benzene rings is 2. The maximum Gasteiger partial charge on any atom is 0.253 e. The minimum Gasteiger partial charge on any atom is -0.343 e. The molecule has 0 amide bonds. The monoisotopic (exact) mass is 237 g/mol. The van der Waals surface area contributed by atoms with Crippen molar-refractivity contribution in [1.29, 1.82) is 0 Å². The smallest absolute Gasteiger partial charge is 0.253 e. The molecule has 1 aromatic heterocycles. The zero-order valence-electron chi connectivity index (χ0n) is 9.84. The van der Waals surface area contributed by atoms with Crippen molar-refractivity contribution in [2.24, 2.45) is 0 Å². The maximum atomic E-state index is 10.6. The summed E-state index contributed by atoms with van der Waals surface area (Å²) < 4.78 is 2.18. The number of para-hydroxylation sites is 1. The molecule has 0 unspecified atom stereocenters. The second-order valence-corrected chi connectivity index (χ2v) is 4.30. The second kappa shape index (κ2) is 4.45. The number of nitrogens with zero attached hydrogens (tertiary/aromatic N) is 1. The van der Waals surface area contributed by atoms with E-state index in [2.05, 4.69) is 29.0 Å². The molecule has 3 heteroatoms. The molecule has 0 radical (unpaired) electrons. The Labute approximate surface area is 105 Å². The highest BCUT2D eigenvalue weighted by molar-refractivity contribution is 5.80. The van der Waals surface area contributed by atoms with Gasteiger partial charge in [-0.05, 0) is 23.1 Å². The second-order valence-electron chi connectivity index (χ2n) is 4.30. The van der Waals surface area contributed by atoms with Gasteiger partial charge in [-0.1, -0.05) is 30.3 Å². The highest BCUT2D eigenvalue weighted by Gasteiger charge is 2.03. The van der Waals surface area contributed by atoms with Gasteiger partial charge in [0.05, 0.1) is 0 Å². The molecule has 0 saturated carbocycles. The van der Waals surface area contributed by atoms with Gasteiger partial charge < -0.3 is 4.57 Å². The van der Waals surface area contributed by atoms with Gasteiger partial charge in [-0.15, -0.1) is 0 Å². The number of rotatable bonds is 3. The molecule has 18 heavy (non-hydrogen) atoms. The molecular formula is C15H13N2O+. The minimum atomic E-state index is 0.601. The minimum absolute atomic E-state index is 0.601. The van der Waals surface area contributed by atoms with Gasteiger partial charge in [0.1, 0.15) is 0 Å². The van der Waals surface area contributed by atoms with Crippen LogP contribution in [0.3, 0.4) is 0 Å². The van der Waals surface area contributed by atoms with Gasteiger partial charge in [-0.3, -0.25) is 0 Å². The standard InChI is InChI=1S/C15H12N2O/c18-16-14-6-3-4-12(10-14)11-17-9-8-13-5-1-2-7-15(13)17/h1-10H,11H2/p+1. The van der Waals surface area contributed by atoms with Gasteiger partial charge in [0.15, 0.2) is 0 Å². The Hall–Kier alpha value is -2.42. The molecule has 0 aliphatic heterocycles. The average molecular weight is 237 g/mol. The molecule has 0 aliphatic rings. The summed E-state index contributed by atoms with van der Waals surface area (Å²) in [5, 5.41) is 3.16. The van der Waals surface area contributed by atoms with Crippen molar-refractivity contribution in [3.63, 3.8) is 0 Å². The van der Waals surface area contributed by atoms with E-state index in [-0.39, 0.29) is 0 Å². The van der Waals surface area contributed by atoms with Crippen molar-refractivity contribution in [3.05, 3.63) is 71.3 Å². The number of nitroso groups, excluding NO2 is 1. The topological polar surface area (TPSA) is 36.0 Å². The fraction of sp³-hybridized carbons (Fsp3) is 0.0667. The summed E-state index contributed by atoms with van der Waals surface area (Å²) in [6.07, 6.45) is 2.07. The van der Waals surface area contributed by atoms with E-state index >= 15 is 0 Å². The normalized spacial score (nSPS) is 10.7. The lowest BCUT2D eigenvalue weighted by molar-refractivity contribution is -0.379. The van der Waals surface area contributed by atoms with Crippen LogP contribution in [0.2, 0.25) is 0 Å². The van der Waals surface area contributed by atoms with Crippen LogP contribution in [0.25, 0.3) is 10.9 Å². The lowest BCUT2D eigenvalue weighted by Gasteiger charge is -2.05. The molecule has 0 aliphatic carbocycles. The predicted octanol–water partition coefficient (Wildman–Crippen LogP) is 2.17. The van der Waals surface area contributed by atoms with E-state index in [9.17, 15) is 4.91 Å². The fourth-order valence-electron chi connectivity index (χ4n) is 2.21. The molecule has 3 nitrogen and oxygen atoms in total. The number of fused-ring (bicyclic) bond motifs is 1. The van der Waals surface area contributed by atoms with Crippen LogP contribution in [0.5, 0.6) is 0 Å². The maximum absolute atomic E-state index is 10.6. The summed E-state index contributed by atoms with van der Waals surface area (Å²) in [5.41, 5.74) is 2.92. The van der Waals surface area contributed by atoms with Crippen molar-refractivity contribution < 1.29 is 5.18 Å². The molecule has 3 rings (SSSR count). The quantitative estimate of drug-likeness (QED) is 0.744. The Morgan fingerprint density at radius 3 is 2.78 bits per heavy atom. The Bertz CT molecular complexity index is 700. The molecule has 1 heterocycles. The van der Waals surface area contributed by atoms with E-state index in [1.165, 1.54) is 10.9 Å².